The normalized spacial score (nSPS) is 12.7. The molecule has 0 bridgehead atoms. The van der Waals surface area contributed by atoms with E-state index in [1.165, 1.54) is 0 Å². The Morgan fingerprint density at radius 3 is 2.75 bits per heavy atom. The van der Waals surface area contributed by atoms with Crippen LogP contribution < -0.4 is 10.1 Å². The molecule has 0 unspecified atom stereocenters. The number of ether oxygens (including phenoxy) is 1. The van der Waals surface area contributed by atoms with E-state index >= 15 is 0 Å². The van der Waals surface area contributed by atoms with Gasteiger partial charge in [-0.2, -0.15) is 0 Å². The lowest BCUT2D eigenvalue weighted by Gasteiger charge is -2.07. The van der Waals surface area contributed by atoms with E-state index in [0.29, 0.717) is 22.2 Å². The van der Waals surface area contributed by atoms with Gasteiger partial charge < -0.3 is 10.1 Å². The van der Waals surface area contributed by atoms with Crippen molar-refractivity contribution in [1.82, 2.24) is 0 Å². The summed E-state index contributed by atoms with van der Waals surface area (Å²) in [6.07, 6.45) is 0.867. The lowest BCUT2D eigenvalue weighted by Crippen LogP contribution is -2.11. The second-order valence-electron chi connectivity index (χ2n) is 4.50. The summed E-state index contributed by atoms with van der Waals surface area (Å²) in [5.41, 5.74) is 2.32. The number of hydrogen-bond donors (Lipinski definition) is 1. The summed E-state index contributed by atoms with van der Waals surface area (Å²) in [5, 5.41) is 3.63. The lowest BCUT2D eigenvalue weighted by atomic mass is 10.1. The SMILES string of the molecule is O=C(Nc1ccc2c(c1)CCO2)c1ccc(Cl)c(Cl)c1. The van der Waals surface area contributed by atoms with E-state index in [1.807, 2.05) is 18.2 Å². The van der Waals surface area contributed by atoms with Gasteiger partial charge >= 0.3 is 0 Å². The predicted octanol–water partition coefficient (Wildman–Crippen LogP) is 4.18. The molecule has 0 radical (unpaired) electrons. The minimum Gasteiger partial charge on any atom is -0.493 e. The van der Waals surface area contributed by atoms with E-state index in [0.717, 1.165) is 23.4 Å². The Bertz CT molecular complexity index is 686. The fourth-order valence-corrected chi connectivity index (χ4v) is 2.40. The first-order valence-electron chi connectivity index (χ1n) is 6.15. The molecule has 0 saturated carbocycles. The molecule has 2 aromatic rings. The molecule has 1 heterocycles. The van der Waals surface area contributed by atoms with Crippen molar-refractivity contribution in [2.45, 2.75) is 6.42 Å². The van der Waals surface area contributed by atoms with Crippen molar-refractivity contribution in [3.8, 4) is 5.75 Å². The van der Waals surface area contributed by atoms with Crippen molar-refractivity contribution in [2.24, 2.45) is 0 Å². The van der Waals surface area contributed by atoms with Crippen LogP contribution in [0.1, 0.15) is 15.9 Å². The molecule has 0 atom stereocenters. The zero-order chi connectivity index (χ0) is 14.1. The highest BCUT2D eigenvalue weighted by molar-refractivity contribution is 6.42. The van der Waals surface area contributed by atoms with Gasteiger partial charge in [0.25, 0.3) is 5.91 Å². The van der Waals surface area contributed by atoms with Crippen LogP contribution in [-0.2, 0) is 6.42 Å². The van der Waals surface area contributed by atoms with E-state index in [-0.39, 0.29) is 5.91 Å². The van der Waals surface area contributed by atoms with Crippen LogP contribution in [0.3, 0.4) is 0 Å². The molecule has 0 fully saturated rings. The third-order valence-electron chi connectivity index (χ3n) is 3.13. The van der Waals surface area contributed by atoms with Gasteiger partial charge in [0.1, 0.15) is 5.75 Å². The third-order valence-corrected chi connectivity index (χ3v) is 3.87. The van der Waals surface area contributed by atoms with Gasteiger partial charge in [-0.1, -0.05) is 23.2 Å². The van der Waals surface area contributed by atoms with Gasteiger partial charge in [-0.25, -0.2) is 0 Å². The Morgan fingerprint density at radius 2 is 1.95 bits per heavy atom. The highest BCUT2D eigenvalue weighted by Gasteiger charge is 2.14. The average molecular weight is 308 g/mol. The standard InChI is InChI=1S/C15H11Cl2NO2/c16-12-3-1-10(8-13(12)17)15(19)18-11-2-4-14-9(7-11)5-6-20-14/h1-4,7-8H,5-6H2,(H,18,19). The molecule has 0 saturated heterocycles. The number of fused-ring (bicyclic) bond motifs is 1. The summed E-state index contributed by atoms with van der Waals surface area (Å²) in [5.74, 6) is 0.667. The number of benzene rings is 2. The van der Waals surface area contributed by atoms with E-state index in [9.17, 15) is 4.79 Å². The lowest BCUT2D eigenvalue weighted by molar-refractivity contribution is 0.102. The monoisotopic (exact) mass is 307 g/mol. The van der Waals surface area contributed by atoms with Crippen molar-refractivity contribution in [3.05, 3.63) is 57.6 Å². The molecule has 3 nitrogen and oxygen atoms in total. The summed E-state index contributed by atoms with van der Waals surface area (Å²) < 4.78 is 5.43. The van der Waals surface area contributed by atoms with Crippen LogP contribution in [0, 0.1) is 0 Å². The molecular formula is C15H11Cl2NO2. The maximum atomic E-state index is 12.1. The number of carbonyl (C=O) groups is 1. The second kappa shape index (κ2) is 5.35. The van der Waals surface area contributed by atoms with Crippen molar-refractivity contribution < 1.29 is 9.53 Å². The van der Waals surface area contributed by atoms with Crippen LogP contribution in [0.15, 0.2) is 36.4 Å². The average Bonchev–Trinajstić information content (AvgIpc) is 2.89. The Balaban J connectivity index is 1.80. The molecule has 5 heteroatoms. The van der Waals surface area contributed by atoms with E-state index in [1.54, 1.807) is 18.2 Å². The molecule has 0 spiro atoms. The topological polar surface area (TPSA) is 38.3 Å². The second-order valence-corrected chi connectivity index (χ2v) is 5.32. The van der Waals surface area contributed by atoms with E-state index in [2.05, 4.69) is 5.32 Å². The van der Waals surface area contributed by atoms with Crippen molar-refractivity contribution in [3.63, 3.8) is 0 Å². The molecule has 102 valence electrons. The molecule has 1 amide bonds. The minimum absolute atomic E-state index is 0.220. The van der Waals surface area contributed by atoms with Crippen molar-refractivity contribution in [1.29, 1.82) is 0 Å². The fraction of sp³-hybridized carbons (Fsp3) is 0.133. The molecule has 2 aromatic carbocycles. The minimum atomic E-state index is -0.220. The highest BCUT2D eigenvalue weighted by atomic mass is 35.5. The first kappa shape index (κ1) is 13.3. The largest absolute Gasteiger partial charge is 0.493 e. The van der Waals surface area contributed by atoms with Crippen LogP contribution in [-0.4, -0.2) is 12.5 Å². The maximum absolute atomic E-state index is 12.1. The first-order valence-corrected chi connectivity index (χ1v) is 6.91. The van der Waals surface area contributed by atoms with Crippen LogP contribution >= 0.6 is 23.2 Å². The zero-order valence-corrected chi connectivity index (χ0v) is 12.0. The molecule has 1 aliphatic heterocycles. The quantitative estimate of drug-likeness (QED) is 0.904. The number of nitrogens with one attached hydrogen (secondary N) is 1. The summed E-state index contributed by atoms with van der Waals surface area (Å²) in [6, 6.07) is 10.4. The Labute approximate surface area is 126 Å². The molecule has 1 aliphatic rings. The van der Waals surface area contributed by atoms with Gasteiger partial charge in [0.05, 0.1) is 16.7 Å². The first-order chi connectivity index (χ1) is 9.63. The number of rotatable bonds is 2. The predicted molar refractivity (Wildman–Crippen MR) is 80.1 cm³/mol. The summed E-state index contributed by atoms with van der Waals surface area (Å²) in [4.78, 5) is 12.1. The molecule has 0 aromatic heterocycles. The number of hydrogen-bond acceptors (Lipinski definition) is 2. The molecule has 3 rings (SSSR count). The summed E-state index contributed by atoms with van der Waals surface area (Å²) >= 11 is 11.7. The number of anilines is 1. The van der Waals surface area contributed by atoms with Crippen LogP contribution in [0.5, 0.6) is 5.75 Å². The van der Waals surface area contributed by atoms with Gasteiger partial charge in [0, 0.05) is 17.7 Å². The smallest absolute Gasteiger partial charge is 0.255 e. The summed E-state index contributed by atoms with van der Waals surface area (Å²) in [7, 11) is 0. The maximum Gasteiger partial charge on any atom is 0.255 e. The van der Waals surface area contributed by atoms with E-state index in [4.69, 9.17) is 27.9 Å². The van der Waals surface area contributed by atoms with Gasteiger partial charge in [-0.3, -0.25) is 4.79 Å². The zero-order valence-electron chi connectivity index (χ0n) is 10.5. The Hall–Kier alpha value is -1.71. The van der Waals surface area contributed by atoms with Crippen LogP contribution in [0.2, 0.25) is 10.0 Å². The van der Waals surface area contributed by atoms with Gasteiger partial charge in [-0.15, -0.1) is 0 Å². The molecular weight excluding hydrogens is 297 g/mol. The highest BCUT2D eigenvalue weighted by Crippen LogP contribution is 2.28. The van der Waals surface area contributed by atoms with Crippen molar-refractivity contribution >= 4 is 34.8 Å². The van der Waals surface area contributed by atoms with Crippen LogP contribution in [0.25, 0.3) is 0 Å². The van der Waals surface area contributed by atoms with Crippen molar-refractivity contribution in [2.75, 3.05) is 11.9 Å². The number of amides is 1. The molecule has 1 N–H and O–H groups in total. The number of carbonyl (C=O) groups excluding carboxylic acids is 1. The fourth-order valence-electron chi connectivity index (χ4n) is 2.10. The number of halogens is 2. The Kier molecular flexibility index (Phi) is 3.55. The molecule has 0 aliphatic carbocycles. The third kappa shape index (κ3) is 2.60. The molecule has 20 heavy (non-hydrogen) atoms. The Morgan fingerprint density at radius 1 is 1.10 bits per heavy atom. The summed E-state index contributed by atoms with van der Waals surface area (Å²) in [6.45, 7) is 0.694. The van der Waals surface area contributed by atoms with Gasteiger partial charge in [0.2, 0.25) is 0 Å². The van der Waals surface area contributed by atoms with Crippen LogP contribution in [0.4, 0.5) is 5.69 Å². The van der Waals surface area contributed by atoms with Gasteiger partial charge in [0.15, 0.2) is 0 Å². The van der Waals surface area contributed by atoms with E-state index < -0.39 is 0 Å². The van der Waals surface area contributed by atoms with Gasteiger partial charge in [-0.05, 0) is 42.0 Å².